The summed E-state index contributed by atoms with van der Waals surface area (Å²) >= 11 is 0. The average molecular weight is 386 g/mol. The zero-order valence-corrected chi connectivity index (χ0v) is 14.9. The third-order valence-corrected chi connectivity index (χ3v) is 5.39. The van der Waals surface area contributed by atoms with Crippen LogP contribution in [0.1, 0.15) is 35.6 Å². The fraction of sp³-hybridized carbons (Fsp3) is 0.238. The van der Waals surface area contributed by atoms with E-state index in [1.54, 1.807) is 37.3 Å². The Morgan fingerprint density at radius 3 is 2.79 bits per heavy atom. The van der Waals surface area contributed by atoms with Crippen LogP contribution in [0.25, 0.3) is 16.5 Å². The molecule has 28 heavy (non-hydrogen) atoms. The number of benzene rings is 2. The number of hydrogen-bond donors (Lipinski definition) is 1. The first kappa shape index (κ1) is 18.3. The van der Waals surface area contributed by atoms with Gasteiger partial charge >= 0.3 is 12.5 Å². The number of fused-ring (bicyclic) bond motifs is 1. The second-order valence-electron chi connectivity index (χ2n) is 6.96. The van der Waals surface area contributed by atoms with Crippen molar-refractivity contribution in [3.8, 4) is 0 Å². The molecule has 0 saturated carbocycles. The molecule has 4 nitrogen and oxygen atoms in total. The number of halogens is 3. The highest BCUT2D eigenvalue weighted by Gasteiger charge is 2.35. The molecule has 0 spiro atoms. The van der Waals surface area contributed by atoms with Crippen molar-refractivity contribution in [2.75, 3.05) is 0 Å². The highest BCUT2D eigenvalue weighted by Crippen LogP contribution is 2.44. The molecule has 0 saturated heterocycles. The summed E-state index contributed by atoms with van der Waals surface area (Å²) in [7, 11) is 0. The van der Waals surface area contributed by atoms with Gasteiger partial charge in [0.15, 0.2) is 0 Å². The highest BCUT2D eigenvalue weighted by atomic mass is 19.3. The molecule has 7 heteroatoms. The summed E-state index contributed by atoms with van der Waals surface area (Å²) in [4.78, 5) is 11.8. The van der Waals surface area contributed by atoms with E-state index in [0.29, 0.717) is 26.8 Å². The molecule has 0 radical (unpaired) electrons. The Labute approximate surface area is 158 Å². The molecule has 1 aliphatic rings. The molecule has 3 aromatic rings. The fourth-order valence-corrected chi connectivity index (χ4v) is 3.90. The van der Waals surface area contributed by atoms with Gasteiger partial charge < -0.3 is 5.11 Å². The van der Waals surface area contributed by atoms with Crippen molar-refractivity contribution in [1.82, 2.24) is 9.78 Å². The first-order chi connectivity index (χ1) is 13.4. The van der Waals surface area contributed by atoms with E-state index in [2.05, 4.69) is 5.10 Å². The van der Waals surface area contributed by atoms with Crippen LogP contribution in [0.5, 0.6) is 0 Å². The number of carboxylic acids is 1. The lowest BCUT2D eigenvalue weighted by atomic mass is 9.86. The molecule has 0 fully saturated rings. The van der Waals surface area contributed by atoms with Gasteiger partial charge in [-0.3, -0.25) is 4.79 Å². The second-order valence-corrected chi connectivity index (χ2v) is 6.96. The number of rotatable bonds is 4. The highest BCUT2D eigenvalue weighted by molar-refractivity contribution is 5.86. The number of allylic oxidation sites excluding steroid dienone is 2. The first-order valence-corrected chi connectivity index (χ1v) is 8.81. The van der Waals surface area contributed by atoms with Crippen LogP contribution in [0.4, 0.5) is 13.2 Å². The van der Waals surface area contributed by atoms with E-state index in [4.69, 9.17) is 0 Å². The van der Waals surface area contributed by atoms with Gasteiger partial charge in [-0.05, 0) is 47.7 Å². The van der Waals surface area contributed by atoms with E-state index >= 15 is 0 Å². The molecule has 4 rings (SSSR count). The van der Waals surface area contributed by atoms with Gasteiger partial charge in [-0.1, -0.05) is 30.3 Å². The minimum Gasteiger partial charge on any atom is -0.481 e. The topological polar surface area (TPSA) is 55.1 Å². The van der Waals surface area contributed by atoms with Gasteiger partial charge in [0.05, 0.1) is 17.6 Å². The fourth-order valence-electron chi connectivity index (χ4n) is 3.90. The molecule has 1 N–H and O–H groups in total. The number of alkyl halides is 2. The van der Waals surface area contributed by atoms with E-state index in [0.717, 1.165) is 5.57 Å². The van der Waals surface area contributed by atoms with Gasteiger partial charge in [0, 0.05) is 11.3 Å². The number of hydrogen-bond acceptors (Lipinski definition) is 2. The van der Waals surface area contributed by atoms with Crippen LogP contribution in [0.3, 0.4) is 0 Å². The van der Waals surface area contributed by atoms with E-state index in [1.165, 1.54) is 12.3 Å². The molecular formula is C21H17F3N2O2. The number of nitrogens with zero attached hydrogens (tertiary/aromatic N) is 2. The maximum Gasteiger partial charge on any atom is 0.333 e. The minimum atomic E-state index is -2.76. The van der Waals surface area contributed by atoms with Crippen LogP contribution < -0.4 is 0 Å². The Morgan fingerprint density at radius 1 is 1.29 bits per heavy atom. The van der Waals surface area contributed by atoms with Crippen molar-refractivity contribution in [2.24, 2.45) is 5.92 Å². The molecule has 1 aromatic heterocycles. The van der Waals surface area contributed by atoms with E-state index in [1.807, 2.05) is 6.08 Å². The van der Waals surface area contributed by atoms with Crippen LogP contribution in [-0.4, -0.2) is 20.9 Å². The predicted molar refractivity (Wildman–Crippen MR) is 98.6 cm³/mol. The Balaban J connectivity index is 1.79. The summed E-state index contributed by atoms with van der Waals surface area (Å²) in [6.07, 6.45) is 3.42. The molecule has 2 aromatic carbocycles. The molecule has 144 valence electrons. The average Bonchev–Trinajstić information content (AvgIpc) is 3.27. The van der Waals surface area contributed by atoms with E-state index in [-0.39, 0.29) is 17.8 Å². The smallest absolute Gasteiger partial charge is 0.333 e. The van der Waals surface area contributed by atoms with E-state index in [9.17, 15) is 23.1 Å². The van der Waals surface area contributed by atoms with Crippen LogP contribution in [0, 0.1) is 18.7 Å². The van der Waals surface area contributed by atoms with Gasteiger partial charge in [-0.15, -0.1) is 0 Å². The lowest BCUT2D eigenvalue weighted by molar-refractivity contribution is -0.141. The van der Waals surface area contributed by atoms with Crippen LogP contribution >= 0.6 is 0 Å². The molecule has 2 unspecified atom stereocenters. The summed E-state index contributed by atoms with van der Waals surface area (Å²) in [5.74, 6) is -2.59. The molecule has 1 aliphatic carbocycles. The minimum absolute atomic E-state index is 0.240. The SMILES string of the molecule is Cc1c(F)cccc1C1C=C(c2ccc3cnn(C(F)F)c3c2)CC1C(=O)O. The van der Waals surface area contributed by atoms with Crippen molar-refractivity contribution in [1.29, 1.82) is 0 Å². The summed E-state index contributed by atoms with van der Waals surface area (Å²) in [5, 5.41) is 14.0. The number of aromatic nitrogens is 2. The number of carboxylic acid groups (broad SMARTS) is 1. The maximum atomic E-state index is 14.0. The Morgan fingerprint density at radius 2 is 2.07 bits per heavy atom. The molecular weight excluding hydrogens is 369 g/mol. The Hall–Kier alpha value is -3.09. The third kappa shape index (κ3) is 2.96. The Kier molecular flexibility index (Phi) is 4.45. The first-order valence-electron chi connectivity index (χ1n) is 8.81. The van der Waals surface area contributed by atoms with Crippen molar-refractivity contribution in [3.63, 3.8) is 0 Å². The van der Waals surface area contributed by atoms with E-state index < -0.39 is 24.4 Å². The lowest BCUT2D eigenvalue weighted by Gasteiger charge is -2.18. The van der Waals surface area contributed by atoms with Crippen molar-refractivity contribution < 1.29 is 23.1 Å². The summed E-state index contributed by atoms with van der Waals surface area (Å²) < 4.78 is 40.9. The third-order valence-electron chi connectivity index (χ3n) is 5.39. The van der Waals surface area contributed by atoms with Gasteiger partial charge in [-0.25, -0.2) is 9.07 Å². The quantitative estimate of drug-likeness (QED) is 0.675. The number of aliphatic carboxylic acids is 1. The Bertz CT molecular complexity index is 1100. The molecule has 0 aliphatic heterocycles. The monoisotopic (exact) mass is 386 g/mol. The van der Waals surface area contributed by atoms with Crippen molar-refractivity contribution in [2.45, 2.75) is 25.8 Å². The van der Waals surface area contributed by atoms with Crippen molar-refractivity contribution >= 4 is 22.4 Å². The van der Waals surface area contributed by atoms with Crippen LogP contribution in [-0.2, 0) is 4.79 Å². The zero-order chi connectivity index (χ0) is 20.0. The predicted octanol–water partition coefficient (Wildman–Crippen LogP) is 5.15. The zero-order valence-electron chi connectivity index (χ0n) is 14.9. The molecule has 1 heterocycles. The second kappa shape index (κ2) is 6.82. The van der Waals surface area contributed by atoms with Gasteiger partial charge in [0.25, 0.3) is 0 Å². The summed E-state index contributed by atoms with van der Waals surface area (Å²) in [6, 6.07) is 9.69. The van der Waals surface area contributed by atoms with Gasteiger partial charge in [0.2, 0.25) is 0 Å². The molecule has 2 atom stereocenters. The molecule has 0 amide bonds. The normalized spacial score (nSPS) is 19.4. The van der Waals surface area contributed by atoms with Crippen LogP contribution in [0.15, 0.2) is 48.7 Å². The standard InChI is InChI=1S/C21H17F3N2O2/c1-11-15(3-2-4-18(11)22)16-7-14(8-17(16)20(27)28)12-5-6-13-10-25-26(21(23)24)19(13)9-12/h2-7,9-10,16-17,21H,8H2,1H3,(H,27,28). The van der Waals surface area contributed by atoms with Gasteiger partial charge in [0.1, 0.15) is 5.82 Å². The summed E-state index contributed by atoms with van der Waals surface area (Å²) in [6.45, 7) is -1.14. The largest absolute Gasteiger partial charge is 0.481 e. The maximum absolute atomic E-state index is 14.0. The van der Waals surface area contributed by atoms with Crippen molar-refractivity contribution in [3.05, 3.63) is 71.2 Å². The van der Waals surface area contributed by atoms with Gasteiger partial charge in [-0.2, -0.15) is 13.9 Å². The number of carbonyl (C=O) groups is 1. The summed E-state index contributed by atoms with van der Waals surface area (Å²) in [5.41, 5.74) is 2.73. The molecule has 0 bridgehead atoms. The van der Waals surface area contributed by atoms with Crippen LogP contribution in [0.2, 0.25) is 0 Å². The lowest BCUT2D eigenvalue weighted by Crippen LogP contribution is -2.18.